The molecule has 0 atom stereocenters. The second kappa shape index (κ2) is 4.33. The summed E-state index contributed by atoms with van der Waals surface area (Å²) in [7, 11) is 0. The summed E-state index contributed by atoms with van der Waals surface area (Å²) in [6, 6.07) is 1.48. The largest absolute Gasteiger partial charge is 0.383 e. The summed E-state index contributed by atoms with van der Waals surface area (Å²) in [6.07, 6.45) is 8.25. The van der Waals surface area contributed by atoms with Gasteiger partial charge in [0.1, 0.15) is 11.6 Å². The number of anilines is 2. The number of nitrogen functional groups attached to an aromatic ring is 2. The highest BCUT2D eigenvalue weighted by molar-refractivity contribution is 5.56. The number of hydrogen-bond acceptors (Lipinski definition) is 7. The fraction of sp³-hybridized carbons (Fsp3) is 0. The van der Waals surface area contributed by atoms with Crippen molar-refractivity contribution in [1.29, 1.82) is 0 Å². The van der Waals surface area contributed by atoms with Gasteiger partial charge in [-0.15, -0.1) is 0 Å². The molecule has 8 heteroatoms. The Morgan fingerprint density at radius 3 is 2.47 bits per heavy atom. The van der Waals surface area contributed by atoms with Crippen molar-refractivity contribution in [2.75, 3.05) is 11.5 Å². The maximum atomic E-state index is 5.62. The molecular weight excluding hydrogens is 244 g/mol. The van der Waals surface area contributed by atoms with Gasteiger partial charge >= 0.3 is 0 Å². The van der Waals surface area contributed by atoms with Crippen LogP contribution in [0.25, 0.3) is 17.2 Å². The van der Waals surface area contributed by atoms with E-state index >= 15 is 0 Å². The molecule has 0 saturated heterocycles. The molecule has 0 spiro atoms. The Bertz CT molecular complexity index is 685. The summed E-state index contributed by atoms with van der Waals surface area (Å²) in [5.74, 6) is 0.894. The number of hydrogen-bond donors (Lipinski definition) is 2. The third-order valence-electron chi connectivity index (χ3n) is 2.40. The molecule has 3 aromatic rings. The van der Waals surface area contributed by atoms with Gasteiger partial charge in [-0.1, -0.05) is 0 Å². The highest BCUT2D eigenvalue weighted by Crippen LogP contribution is 2.16. The second-order valence-electron chi connectivity index (χ2n) is 3.78. The van der Waals surface area contributed by atoms with Crippen LogP contribution in [0, 0.1) is 0 Å². The molecule has 19 heavy (non-hydrogen) atoms. The van der Waals surface area contributed by atoms with E-state index in [1.165, 1.54) is 10.7 Å². The molecule has 0 aromatic carbocycles. The Morgan fingerprint density at radius 2 is 1.79 bits per heavy atom. The molecule has 0 radical (unpaired) electrons. The van der Waals surface area contributed by atoms with Gasteiger partial charge < -0.3 is 11.5 Å². The molecule has 3 aromatic heterocycles. The Kier molecular flexibility index (Phi) is 2.53. The second-order valence-corrected chi connectivity index (χ2v) is 3.78. The molecule has 94 valence electrons. The van der Waals surface area contributed by atoms with Crippen LogP contribution < -0.4 is 11.5 Å². The van der Waals surface area contributed by atoms with Gasteiger partial charge in [0.05, 0.1) is 18.1 Å². The molecule has 0 aliphatic carbocycles. The van der Waals surface area contributed by atoms with Crippen molar-refractivity contribution in [2.24, 2.45) is 0 Å². The molecule has 3 heterocycles. The van der Waals surface area contributed by atoms with Gasteiger partial charge in [-0.3, -0.25) is 9.97 Å². The number of nitrogens with zero attached hydrogens (tertiary/aromatic N) is 6. The SMILES string of the molecule is Nc1cc(N)nc(-n2cc(-c3cnccn3)cn2)n1. The highest BCUT2D eigenvalue weighted by Gasteiger charge is 2.07. The maximum absolute atomic E-state index is 5.62. The molecular formula is C11H10N8. The number of rotatable bonds is 2. The molecule has 0 aliphatic heterocycles. The zero-order valence-corrected chi connectivity index (χ0v) is 9.80. The summed E-state index contributed by atoms with van der Waals surface area (Å²) in [4.78, 5) is 16.3. The first-order valence-corrected chi connectivity index (χ1v) is 5.44. The minimum atomic E-state index is 0.291. The van der Waals surface area contributed by atoms with Gasteiger partial charge in [-0.05, 0) is 0 Å². The molecule has 0 saturated carbocycles. The molecule has 4 N–H and O–H groups in total. The predicted molar refractivity (Wildman–Crippen MR) is 69.0 cm³/mol. The van der Waals surface area contributed by atoms with Gasteiger partial charge in [-0.2, -0.15) is 15.1 Å². The lowest BCUT2D eigenvalue weighted by Crippen LogP contribution is -2.06. The fourth-order valence-corrected chi connectivity index (χ4v) is 1.59. The first-order chi connectivity index (χ1) is 9.22. The van der Waals surface area contributed by atoms with E-state index in [0.717, 1.165) is 5.56 Å². The van der Waals surface area contributed by atoms with Crippen molar-refractivity contribution in [3.8, 4) is 17.2 Å². The third-order valence-corrected chi connectivity index (χ3v) is 2.40. The zero-order chi connectivity index (χ0) is 13.2. The lowest BCUT2D eigenvalue weighted by molar-refractivity contribution is 0.813. The van der Waals surface area contributed by atoms with Crippen LogP contribution in [-0.4, -0.2) is 29.7 Å². The molecule has 8 nitrogen and oxygen atoms in total. The van der Waals surface area contributed by atoms with E-state index in [0.29, 0.717) is 23.3 Å². The number of nitrogens with two attached hydrogens (primary N) is 2. The van der Waals surface area contributed by atoms with Crippen LogP contribution in [-0.2, 0) is 0 Å². The zero-order valence-electron chi connectivity index (χ0n) is 9.80. The Labute approximate surface area is 108 Å². The van der Waals surface area contributed by atoms with Gasteiger partial charge in [-0.25, -0.2) is 4.68 Å². The van der Waals surface area contributed by atoms with E-state index in [2.05, 4.69) is 25.0 Å². The fourth-order valence-electron chi connectivity index (χ4n) is 1.59. The van der Waals surface area contributed by atoms with Crippen molar-refractivity contribution >= 4 is 11.6 Å². The maximum Gasteiger partial charge on any atom is 0.254 e. The van der Waals surface area contributed by atoms with Crippen LogP contribution in [0.4, 0.5) is 11.6 Å². The summed E-state index contributed by atoms with van der Waals surface area (Å²) in [6.45, 7) is 0. The Hall–Kier alpha value is -3.03. The van der Waals surface area contributed by atoms with E-state index in [1.54, 1.807) is 31.0 Å². The summed E-state index contributed by atoms with van der Waals surface area (Å²) in [5.41, 5.74) is 12.8. The lowest BCUT2D eigenvalue weighted by Gasteiger charge is -2.01. The van der Waals surface area contributed by atoms with Crippen LogP contribution in [0.3, 0.4) is 0 Å². The Morgan fingerprint density at radius 1 is 1.00 bits per heavy atom. The van der Waals surface area contributed by atoms with E-state index < -0.39 is 0 Å². The van der Waals surface area contributed by atoms with Gasteiger partial charge in [0.25, 0.3) is 5.95 Å². The van der Waals surface area contributed by atoms with Crippen molar-refractivity contribution in [3.63, 3.8) is 0 Å². The summed E-state index contributed by atoms with van der Waals surface area (Å²) < 4.78 is 1.48. The van der Waals surface area contributed by atoms with Crippen LogP contribution >= 0.6 is 0 Å². The van der Waals surface area contributed by atoms with Gasteiger partial charge in [0, 0.05) is 30.2 Å². The van der Waals surface area contributed by atoms with E-state index in [1.807, 2.05) is 0 Å². The normalized spacial score (nSPS) is 10.5. The van der Waals surface area contributed by atoms with Crippen molar-refractivity contribution in [1.82, 2.24) is 29.7 Å². The predicted octanol–water partition coefficient (Wildman–Crippen LogP) is 0.284. The van der Waals surface area contributed by atoms with E-state index in [4.69, 9.17) is 11.5 Å². The average Bonchev–Trinajstić information content (AvgIpc) is 2.88. The molecule has 0 aliphatic rings. The average molecular weight is 254 g/mol. The smallest absolute Gasteiger partial charge is 0.254 e. The third kappa shape index (κ3) is 2.18. The standard InChI is InChI=1S/C11H10N8/c12-9-3-10(13)18-11(17-9)19-6-7(4-16-19)8-5-14-1-2-15-8/h1-6H,(H4,12,13,17,18). The Balaban J connectivity index is 2.02. The molecule has 3 rings (SSSR count). The van der Waals surface area contributed by atoms with Gasteiger partial charge in [0.15, 0.2) is 0 Å². The van der Waals surface area contributed by atoms with E-state index in [-0.39, 0.29) is 0 Å². The minimum absolute atomic E-state index is 0.291. The quantitative estimate of drug-likeness (QED) is 0.673. The van der Waals surface area contributed by atoms with Crippen LogP contribution in [0.2, 0.25) is 0 Å². The van der Waals surface area contributed by atoms with Crippen LogP contribution in [0.5, 0.6) is 0 Å². The topological polar surface area (TPSA) is 121 Å². The highest BCUT2D eigenvalue weighted by atomic mass is 15.3. The first-order valence-electron chi connectivity index (χ1n) is 5.44. The lowest BCUT2D eigenvalue weighted by atomic mass is 10.3. The summed E-state index contributed by atoms with van der Waals surface area (Å²) >= 11 is 0. The van der Waals surface area contributed by atoms with Crippen molar-refractivity contribution in [3.05, 3.63) is 37.1 Å². The van der Waals surface area contributed by atoms with Crippen LogP contribution in [0.15, 0.2) is 37.1 Å². The van der Waals surface area contributed by atoms with Crippen molar-refractivity contribution < 1.29 is 0 Å². The molecule has 0 unspecified atom stereocenters. The molecule has 0 amide bonds. The van der Waals surface area contributed by atoms with Crippen LogP contribution in [0.1, 0.15) is 0 Å². The number of aromatic nitrogens is 6. The van der Waals surface area contributed by atoms with E-state index in [9.17, 15) is 0 Å². The molecule has 0 fully saturated rings. The van der Waals surface area contributed by atoms with Crippen molar-refractivity contribution in [2.45, 2.75) is 0 Å². The molecule has 0 bridgehead atoms. The minimum Gasteiger partial charge on any atom is -0.383 e. The summed E-state index contributed by atoms with van der Waals surface area (Å²) in [5, 5.41) is 4.16. The monoisotopic (exact) mass is 254 g/mol. The van der Waals surface area contributed by atoms with Gasteiger partial charge in [0.2, 0.25) is 0 Å². The first kappa shape index (κ1) is 11.1.